The zero-order valence-corrected chi connectivity index (χ0v) is 10.1. The Kier molecular flexibility index (Phi) is 5.57. The van der Waals surface area contributed by atoms with E-state index in [4.69, 9.17) is 10.8 Å². The van der Waals surface area contributed by atoms with E-state index < -0.39 is 18.1 Å². The van der Waals surface area contributed by atoms with E-state index >= 15 is 0 Å². The molecule has 1 aliphatic heterocycles. The quantitative estimate of drug-likeness (QED) is 0.434. The van der Waals surface area contributed by atoms with Crippen molar-refractivity contribution in [1.29, 1.82) is 0 Å². The number of nitrogens with one attached hydrogen (secondary N) is 2. The number of amides is 2. The molecule has 18 heavy (non-hydrogen) atoms. The molecular formula is C11H19N3O4. The number of nitrogens with two attached hydrogens (primary N) is 1. The lowest BCUT2D eigenvalue weighted by Gasteiger charge is -2.29. The fraction of sp³-hybridized carbons (Fsp3) is 0.727. The van der Waals surface area contributed by atoms with Gasteiger partial charge in [-0.1, -0.05) is 0 Å². The smallest absolute Gasteiger partial charge is 0.303 e. The Morgan fingerprint density at radius 1 is 1.11 bits per heavy atom. The summed E-state index contributed by atoms with van der Waals surface area (Å²) < 4.78 is 0. The Morgan fingerprint density at radius 2 is 1.67 bits per heavy atom. The van der Waals surface area contributed by atoms with Crippen LogP contribution in [0.5, 0.6) is 0 Å². The minimum absolute atomic E-state index is 0.114. The van der Waals surface area contributed by atoms with Crippen LogP contribution in [0.15, 0.2) is 0 Å². The monoisotopic (exact) mass is 257 g/mol. The predicted molar refractivity (Wildman–Crippen MR) is 63.6 cm³/mol. The Hall–Kier alpha value is -1.63. The maximum atomic E-state index is 11.7. The van der Waals surface area contributed by atoms with Crippen molar-refractivity contribution in [1.82, 2.24) is 10.6 Å². The van der Waals surface area contributed by atoms with Gasteiger partial charge in [0.15, 0.2) is 0 Å². The average molecular weight is 257 g/mol. The molecule has 5 N–H and O–H groups in total. The number of carbonyl (C=O) groups excluding carboxylic acids is 2. The van der Waals surface area contributed by atoms with Crippen LogP contribution in [0.4, 0.5) is 0 Å². The molecule has 1 rings (SSSR count). The summed E-state index contributed by atoms with van der Waals surface area (Å²) in [5.41, 5.74) is 5.35. The zero-order valence-electron chi connectivity index (χ0n) is 10.1. The van der Waals surface area contributed by atoms with Gasteiger partial charge in [0.05, 0.1) is 0 Å². The summed E-state index contributed by atoms with van der Waals surface area (Å²) in [7, 11) is 0. The topological polar surface area (TPSA) is 122 Å². The van der Waals surface area contributed by atoms with Crippen LogP contribution in [0, 0.1) is 0 Å². The normalized spacial score (nSPS) is 23.4. The second-order valence-corrected chi connectivity index (χ2v) is 4.34. The van der Waals surface area contributed by atoms with Crippen molar-refractivity contribution in [3.05, 3.63) is 0 Å². The number of hydrogen-bond acceptors (Lipinski definition) is 4. The summed E-state index contributed by atoms with van der Waals surface area (Å²) >= 11 is 0. The molecule has 0 aromatic rings. The van der Waals surface area contributed by atoms with Crippen LogP contribution < -0.4 is 16.4 Å². The van der Waals surface area contributed by atoms with E-state index in [1.54, 1.807) is 0 Å². The van der Waals surface area contributed by atoms with Crippen LogP contribution in [0.2, 0.25) is 0 Å². The van der Waals surface area contributed by atoms with E-state index in [0.29, 0.717) is 13.0 Å². The van der Waals surface area contributed by atoms with Gasteiger partial charge in [-0.2, -0.15) is 0 Å². The second kappa shape index (κ2) is 6.95. The van der Waals surface area contributed by atoms with E-state index in [1.165, 1.54) is 0 Å². The Morgan fingerprint density at radius 3 is 2.17 bits per heavy atom. The third-order valence-electron chi connectivity index (χ3n) is 2.86. The summed E-state index contributed by atoms with van der Waals surface area (Å²) in [5, 5.41) is 13.7. The highest BCUT2D eigenvalue weighted by Gasteiger charge is 2.32. The standard InChI is InChI=1S/C11H19N3O4/c12-6-2-1-3-7-10(17)14-8(11(18)13-7)4-5-9(15)16/h7-8H,1-6,12H2,(H,13,18)(H,14,17)(H,15,16)/t7-,8-/m0/s1. The zero-order chi connectivity index (χ0) is 13.5. The fourth-order valence-electron chi connectivity index (χ4n) is 1.84. The van der Waals surface area contributed by atoms with Gasteiger partial charge in [-0.05, 0) is 32.2 Å². The van der Waals surface area contributed by atoms with Crippen LogP contribution in [0.3, 0.4) is 0 Å². The molecule has 7 heteroatoms. The van der Waals surface area contributed by atoms with E-state index in [2.05, 4.69) is 10.6 Å². The molecule has 0 bridgehead atoms. The van der Waals surface area contributed by atoms with Gasteiger partial charge in [0, 0.05) is 6.42 Å². The van der Waals surface area contributed by atoms with Crippen molar-refractivity contribution in [3.8, 4) is 0 Å². The summed E-state index contributed by atoms with van der Waals surface area (Å²) in [6, 6.07) is -1.26. The predicted octanol–water partition coefficient (Wildman–Crippen LogP) is -1.04. The van der Waals surface area contributed by atoms with Gasteiger partial charge in [0.25, 0.3) is 0 Å². The lowest BCUT2D eigenvalue weighted by atomic mass is 10.0. The molecule has 2 atom stereocenters. The second-order valence-electron chi connectivity index (χ2n) is 4.34. The Bertz CT molecular complexity index is 332. The summed E-state index contributed by atoms with van der Waals surface area (Å²) in [6.45, 7) is 0.559. The van der Waals surface area contributed by atoms with Crippen LogP contribution in [-0.2, 0) is 14.4 Å². The number of carboxylic acids is 1. The maximum absolute atomic E-state index is 11.7. The van der Waals surface area contributed by atoms with Crippen molar-refractivity contribution < 1.29 is 19.5 Å². The molecule has 1 fully saturated rings. The highest BCUT2D eigenvalue weighted by Crippen LogP contribution is 2.08. The first kappa shape index (κ1) is 14.4. The third-order valence-corrected chi connectivity index (χ3v) is 2.86. The molecule has 0 spiro atoms. The largest absolute Gasteiger partial charge is 0.481 e. The van der Waals surface area contributed by atoms with Crippen molar-refractivity contribution in [3.63, 3.8) is 0 Å². The molecule has 0 unspecified atom stereocenters. The first-order chi connectivity index (χ1) is 8.54. The van der Waals surface area contributed by atoms with Gasteiger partial charge in [-0.15, -0.1) is 0 Å². The lowest BCUT2D eigenvalue weighted by Crippen LogP contribution is -2.61. The van der Waals surface area contributed by atoms with Gasteiger partial charge in [0.1, 0.15) is 12.1 Å². The van der Waals surface area contributed by atoms with Crippen LogP contribution >= 0.6 is 0 Å². The van der Waals surface area contributed by atoms with E-state index in [-0.39, 0.29) is 24.7 Å². The first-order valence-corrected chi connectivity index (χ1v) is 6.07. The number of rotatable bonds is 7. The highest BCUT2D eigenvalue weighted by molar-refractivity contribution is 5.97. The van der Waals surface area contributed by atoms with Crippen molar-refractivity contribution >= 4 is 17.8 Å². The minimum atomic E-state index is -0.984. The highest BCUT2D eigenvalue weighted by atomic mass is 16.4. The number of aliphatic carboxylic acids is 1. The van der Waals surface area contributed by atoms with Gasteiger partial charge in [0.2, 0.25) is 11.8 Å². The summed E-state index contributed by atoms with van der Waals surface area (Å²) in [4.78, 5) is 33.7. The summed E-state index contributed by atoms with van der Waals surface area (Å²) in [6.07, 6.45) is 2.11. The molecule has 0 aromatic carbocycles. The number of carboxylic acid groups (broad SMARTS) is 1. The molecule has 1 aliphatic rings. The molecule has 0 aromatic heterocycles. The van der Waals surface area contributed by atoms with Crippen LogP contribution in [-0.4, -0.2) is 41.5 Å². The maximum Gasteiger partial charge on any atom is 0.303 e. The molecule has 1 saturated heterocycles. The Balaban J connectivity index is 2.41. The molecule has 0 radical (unpaired) electrons. The molecule has 1 heterocycles. The van der Waals surface area contributed by atoms with Crippen molar-refractivity contribution in [2.45, 2.75) is 44.2 Å². The van der Waals surface area contributed by atoms with Crippen molar-refractivity contribution in [2.24, 2.45) is 5.73 Å². The summed E-state index contributed by atoms with van der Waals surface area (Å²) in [5.74, 6) is -1.54. The molecule has 7 nitrogen and oxygen atoms in total. The minimum Gasteiger partial charge on any atom is -0.481 e. The van der Waals surface area contributed by atoms with Crippen LogP contribution in [0.1, 0.15) is 32.1 Å². The van der Waals surface area contributed by atoms with Gasteiger partial charge >= 0.3 is 5.97 Å². The lowest BCUT2D eigenvalue weighted by molar-refractivity contribution is -0.140. The molecule has 0 saturated carbocycles. The average Bonchev–Trinajstić information content (AvgIpc) is 2.31. The van der Waals surface area contributed by atoms with E-state index in [9.17, 15) is 14.4 Å². The van der Waals surface area contributed by atoms with E-state index in [1.807, 2.05) is 0 Å². The van der Waals surface area contributed by atoms with Gasteiger partial charge in [-0.25, -0.2) is 0 Å². The molecular weight excluding hydrogens is 238 g/mol. The van der Waals surface area contributed by atoms with Gasteiger partial charge < -0.3 is 21.5 Å². The molecule has 0 aliphatic carbocycles. The third kappa shape index (κ3) is 4.33. The van der Waals surface area contributed by atoms with E-state index in [0.717, 1.165) is 12.8 Å². The number of piperazine rings is 1. The number of carbonyl (C=O) groups is 3. The van der Waals surface area contributed by atoms with Gasteiger partial charge in [-0.3, -0.25) is 14.4 Å². The Labute approximate surface area is 105 Å². The fourth-order valence-corrected chi connectivity index (χ4v) is 1.84. The van der Waals surface area contributed by atoms with Crippen molar-refractivity contribution in [2.75, 3.05) is 6.54 Å². The number of unbranched alkanes of at least 4 members (excludes halogenated alkanes) is 1. The molecule has 102 valence electrons. The number of hydrogen-bond donors (Lipinski definition) is 4. The SMILES string of the molecule is NCCCC[C@@H]1NC(=O)[C@H](CCC(=O)O)NC1=O. The molecule has 2 amide bonds. The van der Waals surface area contributed by atoms with Crippen LogP contribution in [0.25, 0.3) is 0 Å². The first-order valence-electron chi connectivity index (χ1n) is 6.07.